The molecule has 1 fully saturated rings. The number of para-hydroxylation sites is 1. The van der Waals surface area contributed by atoms with Gasteiger partial charge in [-0.1, -0.05) is 39.0 Å². The molecule has 0 radical (unpaired) electrons. The van der Waals surface area contributed by atoms with Gasteiger partial charge in [-0.3, -0.25) is 0 Å². The molecule has 0 spiro atoms. The summed E-state index contributed by atoms with van der Waals surface area (Å²) in [5.74, 6) is 0.756. The van der Waals surface area contributed by atoms with Crippen molar-refractivity contribution in [3.8, 4) is 0 Å². The summed E-state index contributed by atoms with van der Waals surface area (Å²) in [5, 5.41) is 3.83. The Balaban J connectivity index is 2.05. The van der Waals surface area contributed by atoms with E-state index < -0.39 is 0 Å². The number of benzene rings is 1. The van der Waals surface area contributed by atoms with E-state index in [1.54, 1.807) is 0 Å². The molecule has 2 heteroatoms. The number of hydrogen-bond acceptors (Lipinski definition) is 2. The zero-order valence-electron chi connectivity index (χ0n) is 14.2. The Labute approximate surface area is 130 Å². The van der Waals surface area contributed by atoms with Gasteiger partial charge in [0, 0.05) is 24.8 Å². The van der Waals surface area contributed by atoms with Gasteiger partial charge in [0.25, 0.3) is 0 Å². The molecule has 2 nitrogen and oxygen atoms in total. The monoisotopic (exact) mass is 288 g/mol. The number of nitrogens with one attached hydrogen (secondary N) is 1. The third-order valence-corrected chi connectivity index (χ3v) is 5.05. The lowest BCUT2D eigenvalue weighted by Gasteiger charge is -2.35. The summed E-state index contributed by atoms with van der Waals surface area (Å²) in [7, 11) is 0. The molecule has 1 aliphatic rings. The smallest absolute Gasteiger partial charge is 0.0366 e. The van der Waals surface area contributed by atoms with Crippen LogP contribution in [0.25, 0.3) is 0 Å². The average Bonchev–Trinajstić information content (AvgIpc) is 2.78. The van der Waals surface area contributed by atoms with Crippen molar-refractivity contribution in [2.75, 3.05) is 24.5 Å². The van der Waals surface area contributed by atoms with Crippen LogP contribution in [-0.2, 0) is 0 Å². The van der Waals surface area contributed by atoms with Crippen molar-refractivity contribution in [2.45, 2.75) is 53.0 Å². The van der Waals surface area contributed by atoms with Gasteiger partial charge in [-0.15, -0.1) is 0 Å². The molecular weight excluding hydrogens is 256 g/mol. The maximum Gasteiger partial charge on any atom is 0.0366 e. The summed E-state index contributed by atoms with van der Waals surface area (Å²) in [6, 6.07) is 11.5. The lowest BCUT2D eigenvalue weighted by molar-refractivity contribution is 0.249. The second-order valence-electron chi connectivity index (χ2n) is 7.09. The van der Waals surface area contributed by atoms with Gasteiger partial charge in [-0.25, -0.2) is 0 Å². The van der Waals surface area contributed by atoms with Crippen LogP contribution in [0.4, 0.5) is 5.69 Å². The van der Waals surface area contributed by atoms with Crippen LogP contribution in [0.2, 0.25) is 0 Å². The quantitative estimate of drug-likeness (QED) is 0.804. The van der Waals surface area contributed by atoms with E-state index >= 15 is 0 Å². The summed E-state index contributed by atoms with van der Waals surface area (Å²) >= 11 is 0. The van der Waals surface area contributed by atoms with Crippen molar-refractivity contribution in [1.29, 1.82) is 0 Å². The van der Waals surface area contributed by atoms with Crippen molar-refractivity contribution in [1.82, 2.24) is 5.32 Å². The van der Waals surface area contributed by atoms with Crippen LogP contribution in [0.3, 0.4) is 0 Å². The predicted octanol–water partition coefficient (Wildman–Crippen LogP) is 4.32. The lowest BCUT2D eigenvalue weighted by atomic mass is 9.84. The van der Waals surface area contributed by atoms with E-state index in [0.29, 0.717) is 11.5 Å². The molecule has 0 amide bonds. The van der Waals surface area contributed by atoms with Crippen molar-refractivity contribution in [2.24, 2.45) is 11.3 Å². The van der Waals surface area contributed by atoms with Gasteiger partial charge >= 0.3 is 0 Å². The first-order valence-corrected chi connectivity index (χ1v) is 8.62. The zero-order chi connectivity index (χ0) is 15.3. The first kappa shape index (κ1) is 16.4. The summed E-state index contributed by atoms with van der Waals surface area (Å²) in [5.41, 5.74) is 1.79. The van der Waals surface area contributed by atoms with E-state index in [-0.39, 0.29) is 0 Å². The molecule has 0 bridgehead atoms. The molecule has 21 heavy (non-hydrogen) atoms. The zero-order valence-corrected chi connectivity index (χ0v) is 14.2. The fourth-order valence-electron chi connectivity index (χ4n) is 3.80. The minimum Gasteiger partial charge on any atom is -0.371 e. The number of hydrogen-bond donors (Lipinski definition) is 1. The van der Waals surface area contributed by atoms with Gasteiger partial charge in [-0.05, 0) is 56.2 Å². The number of nitrogens with zero attached hydrogens (tertiary/aromatic N) is 1. The summed E-state index contributed by atoms with van der Waals surface area (Å²) < 4.78 is 0. The number of anilines is 1. The van der Waals surface area contributed by atoms with Crippen molar-refractivity contribution < 1.29 is 0 Å². The molecule has 2 rings (SSSR count). The van der Waals surface area contributed by atoms with Crippen molar-refractivity contribution in [3.63, 3.8) is 0 Å². The molecule has 1 aromatic carbocycles. The first-order chi connectivity index (χ1) is 10.1. The highest BCUT2D eigenvalue weighted by Crippen LogP contribution is 2.42. The van der Waals surface area contributed by atoms with Gasteiger partial charge in [0.2, 0.25) is 0 Å². The molecule has 2 unspecified atom stereocenters. The molecule has 0 aromatic heterocycles. The Kier molecular flexibility index (Phi) is 5.69. The molecule has 1 N–H and O–H groups in total. The Bertz CT molecular complexity index is 413. The summed E-state index contributed by atoms with van der Waals surface area (Å²) in [6.45, 7) is 12.8. The lowest BCUT2D eigenvalue weighted by Crippen LogP contribution is -2.46. The molecular formula is C19H32N2. The molecule has 0 saturated heterocycles. The molecule has 1 aliphatic carbocycles. The molecule has 0 aliphatic heterocycles. The highest BCUT2D eigenvalue weighted by atomic mass is 15.1. The fourth-order valence-corrected chi connectivity index (χ4v) is 3.80. The standard InChI is InChI=1S/C19H32N2/c1-5-14-20-18-16(12-13-19(18,3)4)15-21(6-2)17-10-8-7-9-11-17/h7-11,16,18,20H,5-6,12-15H2,1-4H3. The Morgan fingerprint density at radius 3 is 2.52 bits per heavy atom. The molecule has 2 atom stereocenters. The normalized spacial score (nSPS) is 24.2. The second kappa shape index (κ2) is 7.31. The van der Waals surface area contributed by atoms with Gasteiger partial charge < -0.3 is 10.2 Å². The minimum absolute atomic E-state index is 0.427. The number of rotatable bonds is 7. The molecule has 1 aromatic rings. The van der Waals surface area contributed by atoms with Gasteiger partial charge in [0.15, 0.2) is 0 Å². The highest BCUT2D eigenvalue weighted by Gasteiger charge is 2.41. The van der Waals surface area contributed by atoms with Crippen molar-refractivity contribution >= 4 is 5.69 Å². The van der Waals surface area contributed by atoms with E-state index in [1.165, 1.54) is 31.5 Å². The van der Waals surface area contributed by atoms with E-state index in [1.807, 2.05) is 0 Å². The van der Waals surface area contributed by atoms with E-state index in [9.17, 15) is 0 Å². The van der Waals surface area contributed by atoms with Crippen LogP contribution >= 0.6 is 0 Å². The Morgan fingerprint density at radius 1 is 1.19 bits per heavy atom. The second-order valence-corrected chi connectivity index (χ2v) is 7.09. The highest BCUT2D eigenvalue weighted by molar-refractivity contribution is 5.45. The fraction of sp³-hybridized carbons (Fsp3) is 0.684. The van der Waals surface area contributed by atoms with Crippen LogP contribution < -0.4 is 10.2 Å². The van der Waals surface area contributed by atoms with E-state index in [4.69, 9.17) is 0 Å². The Hall–Kier alpha value is -1.02. The predicted molar refractivity (Wildman–Crippen MR) is 92.9 cm³/mol. The van der Waals surface area contributed by atoms with Crippen molar-refractivity contribution in [3.05, 3.63) is 30.3 Å². The topological polar surface area (TPSA) is 15.3 Å². The van der Waals surface area contributed by atoms with E-state index in [0.717, 1.165) is 19.0 Å². The van der Waals surface area contributed by atoms with Crippen LogP contribution in [0.15, 0.2) is 30.3 Å². The van der Waals surface area contributed by atoms with Crippen LogP contribution in [0, 0.1) is 11.3 Å². The maximum absolute atomic E-state index is 3.83. The van der Waals surface area contributed by atoms with Gasteiger partial charge in [0.1, 0.15) is 0 Å². The minimum atomic E-state index is 0.427. The maximum atomic E-state index is 3.83. The third kappa shape index (κ3) is 4.00. The van der Waals surface area contributed by atoms with Gasteiger partial charge in [0.05, 0.1) is 0 Å². The van der Waals surface area contributed by atoms with Crippen LogP contribution in [0.5, 0.6) is 0 Å². The molecule has 0 heterocycles. The third-order valence-electron chi connectivity index (χ3n) is 5.05. The summed E-state index contributed by atoms with van der Waals surface area (Å²) in [6.07, 6.45) is 3.90. The molecule has 1 saturated carbocycles. The Morgan fingerprint density at radius 2 is 1.90 bits per heavy atom. The van der Waals surface area contributed by atoms with Crippen LogP contribution in [0.1, 0.15) is 47.0 Å². The SMILES string of the molecule is CCCNC1C(CN(CC)c2ccccc2)CCC1(C)C. The average molecular weight is 288 g/mol. The van der Waals surface area contributed by atoms with Crippen LogP contribution in [-0.4, -0.2) is 25.7 Å². The van der Waals surface area contributed by atoms with Gasteiger partial charge in [-0.2, -0.15) is 0 Å². The largest absolute Gasteiger partial charge is 0.371 e. The van der Waals surface area contributed by atoms with E-state index in [2.05, 4.69) is 68.2 Å². The molecule has 118 valence electrons. The first-order valence-electron chi connectivity index (χ1n) is 8.62. The summed E-state index contributed by atoms with van der Waals surface area (Å²) in [4.78, 5) is 2.53.